The molecule has 1 nitrogen and oxygen atoms in total. The van der Waals surface area contributed by atoms with Crippen molar-refractivity contribution in [2.45, 2.75) is 39.0 Å². The fraction of sp³-hybridized carbons (Fsp3) is 0.222. The molecular weight excluding hydrogens is 338 g/mol. The zero-order chi connectivity index (χ0) is 19.6. The molecule has 3 aromatic carbocycles. The van der Waals surface area contributed by atoms with Gasteiger partial charge in [0, 0.05) is 12.0 Å². The van der Waals surface area contributed by atoms with Crippen molar-refractivity contribution >= 4 is 17.0 Å². The summed E-state index contributed by atoms with van der Waals surface area (Å²) in [5, 5.41) is 0. The summed E-state index contributed by atoms with van der Waals surface area (Å²) in [6, 6.07) is 30.1. The molecule has 28 heavy (non-hydrogen) atoms. The van der Waals surface area contributed by atoms with Gasteiger partial charge in [-0.15, -0.1) is 0 Å². The summed E-state index contributed by atoms with van der Waals surface area (Å²) in [5.74, 6) is 0. The Morgan fingerprint density at radius 2 is 1.32 bits per heavy atom. The van der Waals surface area contributed by atoms with E-state index in [1.54, 1.807) is 0 Å². The Bertz CT molecular complexity index is 1020. The summed E-state index contributed by atoms with van der Waals surface area (Å²) in [7, 11) is 0. The monoisotopic (exact) mass is 365 g/mol. The van der Waals surface area contributed by atoms with Gasteiger partial charge in [-0.1, -0.05) is 106 Å². The van der Waals surface area contributed by atoms with E-state index in [-0.39, 0.29) is 5.41 Å². The molecule has 1 aliphatic rings. The smallest absolute Gasteiger partial charge is 0.0750 e. The third kappa shape index (κ3) is 3.45. The van der Waals surface area contributed by atoms with Crippen LogP contribution in [0.3, 0.4) is 0 Å². The van der Waals surface area contributed by atoms with Gasteiger partial charge in [-0.3, -0.25) is 4.99 Å². The fourth-order valence-electron chi connectivity index (χ4n) is 3.86. The highest BCUT2D eigenvalue weighted by Gasteiger charge is 2.27. The molecule has 0 atom stereocenters. The van der Waals surface area contributed by atoms with Crippen LogP contribution in [-0.2, 0) is 5.41 Å². The number of hydrogen-bond donors (Lipinski definition) is 0. The lowest BCUT2D eigenvalue weighted by molar-refractivity contribution is 0.505. The summed E-state index contributed by atoms with van der Waals surface area (Å²) >= 11 is 0. The molecule has 0 amide bonds. The summed E-state index contributed by atoms with van der Waals surface area (Å²) in [5.41, 5.74) is 8.81. The molecule has 1 heterocycles. The summed E-state index contributed by atoms with van der Waals surface area (Å²) in [6.07, 6.45) is 1.96. The van der Waals surface area contributed by atoms with E-state index in [4.69, 9.17) is 4.99 Å². The highest BCUT2D eigenvalue weighted by atomic mass is 14.8. The highest BCUT2D eigenvalue weighted by molar-refractivity contribution is 6.17. The normalized spacial score (nSPS) is 14.3. The van der Waals surface area contributed by atoms with Crippen LogP contribution in [0.5, 0.6) is 0 Å². The lowest BCUT2D eigenvalue weighted by Crippen LogP contribution is -2.17. The number of benzene rings is 3. The minimum absolute atomic E-state index is 0.108. The molecule has 4 rings (SSSR count). The van der Waals surface area contributed by atoms with Crippen molar-refractivity contribution in [3.8, 4) is 0 Å². The largest absolute Gasteiger partial charge is 0.252 e. The molecular formula is C27H27N. The van der Waals surface area contributed by atoms with Gasteiger partial charge in [0.05, 0.1) is 11.4 Å². The van der Waals surface area contributed by atoms with Crippen molar-refractivity contribution in [2.75, 3.05) is 0 Å². The second-order valence-corrected chi connectivity index (χ2v) is 8.08. The van der Waals surface area contributed by atoms with Gasteiger partial charge < -0.3 is 0 Å². The van der Waals surface area contributed by atoms with E-state index < -0.39 is 0 Å². The standard InChI is InChI=1S/C27H27N/c1-4-27(2,3)24-18-12-11-17-22(24)26-23(20-13-7-5-8-14-20)19-25(28-26)21-15-9-6-10-16-21/h5-18H,4,19H2,1-3H3. The van der Waals surface area contributed by atoms with Gasteiger partial charge in [0.25, 0.3) is 0 Å². The molecule has 0 bridgehead atoms. The predicted molar refractivity (Wildman–Crippen MR) is 121 cm³/mol. The van der Waals surface area contributed by atoms with Gasteiger partial charge in [0.2, 0.25) is 0 Å². The first-order valence-corrected chi connectivity index (χ1v) is 10.1. The minimum Gasteiger partial charge on any atom is -0.252 e. The Kier molecular flexibility index (Phi) is 5.00. The molecule has 0 spiro atoms. The lowest BCUT2D eigenvalue weighted by Gasteiger charge is -2.26. The first-order chi connectivity index (χ1) is 13.6. The molecule has 0 saturated carbocycles. The van der Waals surface area contributed by atoms with Crippen LogP contribution in [0.25, 0.3) is 11.3 Å². The summed E-state index contributed by atoms with van der Waals surface area (Å²) < 4.78 is 0. The first-order valence-electron chi connectivity index (χ1n) is 10.1. The maximum absolute atomic E-state index is 5.19. The molecule has 0 aliphatic carbocycles. The molecule has 1 aliphatic heterocycles. The van der Waals surface area contributed by atoms with Crippen molar-refractivity contribution in [1.29, 1.82) is 0 Å². The number of hydrogen-bond acceptors (Lipinski definition) is 1. The van der Waals surface area contributed by atoms with Crippen molar-refractivity contribution in [3.63, 3.8) is 0 Å². The zero-order valence-electron chi connectivity index (χ0n) is 16.9. The van der Waals surface area contributed by atoms with Crippen molar-refractivity contribution in [3.05, 3.63) is 107 Å². The van der Waals surface area contributed by atoms with E-state index >= 15 is 0 Å². The average molecular weight is 366 g/mol. The number of aliphatic imine (C=N–C) groups is 1. The minimum atomic E-state index is 0.108. The predicted octanol–water partition coefficient (Wildman–Crippen LogP) is 7.14. The fourth-order valence-corrected chi connectivity index (χ4v) is 3.86. The first kappa shape index (κ1) is 18.4. The van der Waals surface area contributed by atoms with Crippen LogP contribution in [0.2, 0.25) is 0 Å². The van der Waals surface area contributed by atoms with Gasteiger partial charge in [-0.25, -0.2) is 0 Å². The van der Waals surface area contributed by atoms with Crippen molar-refractivity contribution in [2.24, 2.45) is 4.99 Å². The quantitative estimate of drug-likeness (QED) is 0.456. The van der Waals surface area contributed by atoms with Crippen LogP contribution in [0.15, 0.2) is 89.9 Å². The Balaban J connectivity index is 1.90. The molecule has 0 unspecified atom stereocenters. The molecule has 0 saturated heterocycles. The van der Waals surface area contributed by atoms with Crippen LogP contribution in [0, 0.1) is 0 Å². The molecule has 3 aromatic rings. The molecule has 140 valence electrons. The van der Waals surface area contributed by atoms with Crippen molar-refractivity contribution in [1.82, 2.24) is 0 Å². The second kappa shape index (κ2) is 7.59. The summed E-state index contributed by atoms with van der Waals surface area (Å²) in [6.45, 7) is 6.91. The van der Waals surface area contributed by atoms with E-state index in [1.807, 2.05) is 0 Å². The number of nitrogens with zero attached hydrogens (tertiary/aromatic N) is 1. The van der Waals surface area contributed by atoms with E-state index in [9.17, 15) is 0 Å². The van der Waals surface area contributed by atoms with Gasteiger partial charge in [-0.2, -0.15) is 0 Å². The maximum Gasteiger partial charge on any atom is 0.0750 e. The van der Waals surface area contributed by atoms with Crippen LogP contribution in [0.1, 0.15) is 55.9 Å². The maximum atomic E-state index is 5.19. The Morgan fingerprint density at radius 3 is 1.96 bits per heavy atom. The molecule has 0 radical (unpaired) electrons. The van der Waals surface area contributed by atoms with Gasteiger partial charge in [-0.05, 0) is 34.1 Å². The SMILES string of the molecule is CCC(C)(C)c1ccccc1C1=C(c2ccccc2)CC(c2ccccc2)=N1. The topological polar surface area (TPSA) is 12.4 Å². The Morgan fingerprint density at radius 1 is 0.750 bits per heavy atom. The highest BCUT2D eigenvalue weighted by Crippen LogP contribution is 2.41. The van der Waals surface area contributed by atoms with Crippen molar-refractivity contribution < 1.29 is 0 Å². The van der Waals surface area contributed by atoms with E-state index in [2.05, 4.69) is 106 Å². The van der Waals surface area contributed by atoms with Gasteiger partial charge in [0.15, 0.2) is 0 Å². The Hall–Kier alpha value is -2.93. The molecule has 1 heteroatoms. The second-order valence-electron chi connectivity index (χ2n) is 8.08. The molecule has 0 fully saturated rings. The third-order valence-corrected chi connectivity index (χ3v) is 5.90. The summed E-state index contributed by atoms with van der Waals surface area (Å²) in [4.78, 5) is 5.19. The number of allylic oxidation sites excluding steroid dienone is 1. The molecule has 0 N–H and O–H groups in total. The van der Waals surface area contributed by atoms with Crippen LogP contribution in [-0.4, -0.2) is 5.71 Å². The Labute approximate surface area is 168 Å². The third-order valence-electron chi connectivity index (χ3n) is 5.90. The zero-order valence-corrected chi connectivity index (χ0v) is 16.9. The molecule has 0 aromatic heterocycles. The van der Waals surface area contributed by atoms with E-state index in [1.165, 1.54) is 27.8 Å². The average Bonchev–Trinajstić information content (AvgIpc) is 3.20. The van der Waals surface area contributed by atoms with Gasteiger partial charge >= 0.3 is 0 Å². The van der Waals surface area contributed by atoms with E-state index in [0.29, 0.717) is 0 Å². The van der Waals surface area contributed by atoms with Crippen LogP contribution < -0.4 is 0 Å². The lowest BCUT2D eigenvalue weighted by atomic mass is 9.78. The van der Waals surface area contributed by atoms with Gasteiger partial charge in [0.1, 0.15) is 0 Å². The van der Waals surface area contributed by atoms with Crippen LogP contribution in [0.4, 0.5) is 0 Å². The van der Waals surface area contributed by atoms with E-state index in [0.717, 1.165) is 24.3 Å². The van der Waals surface area contributed by atoms with Crippen LogP contribution >= 0.6 is 0 Å². The number of rotatable bonds is 5.